The third-order valence-corrected chi connectivity index (χ3v) is 3.53. The third kappa shape index (κ3) is 1.56. The number of fused-ring (bicyclic) bond motifs is 1. The summed E-state index contributed by atoms with van der Waals surface area (Å²) in [7, 11) is 0. The fourth-order valence-corrected chi connectivity index (χ4v) is 2.50. The lowest BCUT2D eigenvalue weighted by atomic mass is 9.86. The Balaban J connectivity index is 2.15. The number of ketones is 2. The van der Waals surface area contributed by atoms with E-state index < -0.39 is 23.4 Å². The second-order valence-corrected chi connectivity index (χ2v) is 5.01. The van der Waals surface area contributed by atoms with Gasteiger partial charge in [0.25, 0.3) is 0 Å². The first-order valence-electron chi connectivity index (χ1n) is 6.10. The Labute approximate surface area is 114 Å². The van der Waals surface area contributed by atoms with E-state index in [9.17, 15) is 19.8 Å². The number of ether oxygens (including phenoxy) is 1. The Morgan fingerprint density at radius 1 is 1.30 bits per heavy atom. The van der Waals surface area contributed by atoms with Gasteiger partial charge in [0.15, 0.2) is 11.5 Å². The Hall–Kier alpha value is -2.56. The maximum absolute atomic E-state index is 12.4. The van der Waals surface area contributed by atoms with Gasteiger partial charge in [-0.15, -0.1) is 0 Å². The quantitative estimate of drug-likeness (QED) is 0.765. The van der Waals surface area contributed by atoms with E-state index in [1.165, 1.54) is 0 Å². The lowest BCUT2D eigenvalue weighted by Crippen LogP contribution is -2.20. The van der Waals surface area contributed by atoms with Gasteiger partial charge in [0, 0.05) is 18.1 Å². The fourth-order valence-electron chi connectivity index (χ4n) is 2.50. The highest BCUT2D eigenvalue weighted by atomic mass is 16.5. The van der Waals surface area contributed by atoms with E-state index in [0.29, 0.717) is 0 Å². The predicted molar refractivity (Wildman–Crippen MR) is 69.8 cm³/mol. The van der Waals surface area contributed by atoms with Gasteiger partial charge in [-0.05, 0) is 18.6 Å². The number of Topliss-reactive ketones (excluding diaryl/α,β-unsaturated/α-hetero) is 2. The number of aromatic hydroxyl groups is 2. The van der Waals surface area contributed by atoms with Crippen LogP contribution in [0.2, 0.25) is 0 Å². The summed E-state index contributed by atoms with van der Waals surface area (Å²) < 4.78 is 5.49. The second kappa shape index (κ2) is 3.96. The highest BCUT2D eigenvalue weighted by Gasteiger charge is 2.41. The van der Waals surface area contributed by atoms with Gasteiger partial charge >= 0.3 is 0 Å². The second-order valence-electron chi connectivity index (χ2n) is 5.01. The number of carbonyl (C=O) groups is 2. The van der Waals surface area contributed by atoms with E-state index in [0.717, 1.165) is 17.7 Å². The lowest BCUT2D eigenvalue weighted by molar-refractivity contribution is 0.0874. The molecule has 0 spiro atoms. The molecule has 0 unspecified atom stereocenters. The van der Waals surface area contributed by atoms with Crippen molar-refractivity contribution in [3.05, 3.63) is 46.7 Å². The number of hydrogen-bond donors (Lipinski definition) is 2. The van der Waals surface area contributed by atoms with Crippen LogP contribution in [0.3, 0.4) is 0 Å². The molecule has 5 nitrogen and oxygen atoms in total. The molecular formula is C15H12O5. The predicted octanol–water partition coefficient (Wildman–Crippen LogP) is 2.10. The van der Waals surface area contributed by atoms with E-state index in [1.54, 1.807) is 6.92 Å². The van der Waals surface area contributed by atoms with E-state index in [1.807, 2.05) is 0 Å². The van der Waals surface area contributed by atoms with Crippen LogP contribution in [0.4, 0.5) is 0 Å². The van der Waals surface area contributed by atoms with Crippen LogP contribution < -0.4 is 0 Å². The molecule has 0 saturated carbocycles. The molecule has 2 aliphatic rings. The van der Waals surface area contributed by atoms with Crippen molar-refractivity contribution in [3.63, 3.8) is 0 Å². The van der Waals surface area contributed by atoms with E-state index in [-0.39, 0.29) is 34.6 Å². The molecule has 0 aromatic heterocycles. The Morgan fingerprint density at radius 3 is 2.65 bits per heavy atom. The summed E-state index contributed by atoms with van der Waals surface area (Å²) >= 11 is 0. The molecule has 1 aliphatic carbocycles. The van der Waals surface area contributed by atoms with Crippen LogP contribution in [0, 0.1) is 0 Å². The van der Waals surface area contributed by atoms with Crippen molar-refractivity contribution in [1.29, 1.82) is 0 Å². The van der Waals surface area contributed by atoms with Crippen molar-refractivity contribution in [1.82, 2.24) is 0 Å². The molecule has 1 aliphatic heterocycles. The van der Waals surface area contributed by atoms with Crippen LogP contribution in [0.5, 0.6) is 11.5 Å². The molecule has 3 rings (SSSR count). The molecule has 0 bridgehead atoms. The van der Waals surface area contributed by atoms with Crippen LogP contribution in [-0.4, -0.2) is 27.9 Å². The topological polar surface area (TPSA) is 83.8 Å². The molecule has 1 heterocycles. The van der Waals surface area contributed by atoms with Crippen molar-refractivity contribution in [2.75, 3.05) is 0 Å². The number of phenols is 2. The molecule has 1 aromatic rings. The monoisotopic (exact) mass is 272 g/mol. The van der Waals surface area contributed by atoms with Gasteiger partial charge in [0.1, 0.15) is 17.6 Å². The first-order valence-corrected chi connectivity index (χ1v) is 6.10. The largest absolute Gasteiger partial charge is 0.508 e. The molecule has 0 amide bonds. The highest BCUT2D eigenvalue weighted by Crippen LogP contribution is 2.41. The van der Waals surface area contributed by atoms with Gasteiger partial charge in [-0.25, -0.2) is 0 Å². The summed E-state index contributed by atoms with van der Waals surface area (Å²) in [6, 6.07) is 2.21. The maximum Gasteiger partial charge on any atom is 0.229 e. The van der Waals surface area contributed by atoms with Gasteiger partial charge < -0.3 is 14.9 Å². The smallest absolute Gasteiger partial charge is 0.229 e. The summed E-state index contributed by atoms with van der Waals surface area (Å²) in [6.07, 6.45) is -0.132. The normalized spacial score (nSPS) is 20.6. The van der Waals surface area contributed by atoms with Crippen LogP contribution in [0.1, 0.15) is 34.1 Å². The Kier molecular flexibility index (Phi) is 2.47. The highest BCUT2D eigenvalue weighted by molar-refractivity contribution is 6.27. The van der Waals surface area contributed by atoms with E-state index in [4.69, 9.17) is 4.74 Å². The van der Waals surface area contributed by atoms with E-state index >= 15 is 0 Å². The van der Waals surface area contributed by atoms with Gasteiger partial charge in [0.05, 0.1) is 11.1 Å². The zero-order valence-corrected chi connectivity index (χ0v) is 10.8. The molecule has 1 atom stereocenters. The van der Waals surface area contributed by atoms with Crippen LogP contribution in [0.15, 0.2) is 35.6 Å². The molecule has 0 saturated heterocycles. The molecule has 20 heavy (non-hydrogen) atoms. The zero-order chi connectivity index (χ0) is 14.6. The average molecular weight is 272 g/mol. The number of carbonyl (C=O) groups excluding carboxylic acids is 2. The molecule has 2 N–H and O–H groups in total. The first-order chi connectivity index (χ1) is 9.40. The zero-order valence-electron chi connectivity index (χ0n) is 10.8. The SMILES string of the molecule is C=C(C)[C@@H]1CC2=C(O1)C(=O)c1cc(O)cc(O)c1C2=O. The third-order valence-electron chi connectivity index (χ3n) is 3.53. The molecule has 102 valence electrons. The lowest BCUT2D eigenvalue weighted by Gasteiger charge is -2.16. The number of benzene rings is 1. The fraction of sp³-hybridized carbons (Fsp3) is 0.200. The average Bonchev–Trinajstić information content (AvgIpc) is 2.80. The number of allylic oxidation sites excluding steroid dienone is 1. The maximum atomic E-state index is 12.4. The first kappa shape index (κ1) is 12.5. The molecular weight excluding hydrogens is 260 g/mol. The van der Waals surface area contributed by atoms with Crippen molar-refractivity contribution >= 4 is 11.6 Å². The number of rotatable bonds is 1. The van der Waals surface area contributed by atoms with Crippen LogP contribution in [-0.2, 0) is 4.74 Å². The minimum Gasteiger partial charge on any atom is -0.508 e. The number of phenolic OH excluding ortho intramolecular Hbond substituents is 2. The molecule has 5 heteroatoms. The Bertz CT molecular complexity index is 711. The van der Waals surface area contributed by atoms with Gasteiger partial charge in [-0.1, -0.05) is 6.58 Å². The van der Waals surface area contributed by atoms with Crippen molar-refractivity contribution in [3.8, 4) is 11.5 Å². The van der Waals surface area contributed by atoms with Gasteiger partial charge in [-0.3, -0.25) is 9.59 Å². The van der Waals surface area contributed by atoms with Gasteiger partial charge in [-0.2, -0.15) is 0 Å². The minimum absolute atomic E-state index is 0.000463. The number of hydrogen-bond acceptors (Lipinski definition) is 5. The van der Waals surface area contributed by atoms with Crippen molar-refractivity contribution in [2.45, 2.75) is 19.4 Å². The molecule has 0 fully saturated rings. The summed E-state index contributed by atoms with van der Waals surface area (Å²) in [5.74, 6) is -1.61. The van der Waals surface area contributed by atoms with E-state index in [2.05, 4.69) is 6.58 Å². The van der Waals surface area contributed by atoms with Crippen molar-refractivity contribution < 1.29 is 24.5 Å². The summed E-state index contributed by atoms with van der Waals surface area (Å²) in [5, 5.41) is 19.3. The Morgan fingerprint density at radius 2 is 2.00 bits per heavy atom. The molecule has 0 radical (unpaired) electrons. The summed E-state index contributed by atoms with van der Waals surface area (Å²) in [5.41, 5.74) is 0.874. The molecule has 1 aromatic carbocycles. The van der Waals surface area contributed by atoms with Crippen LogP contribution >= 0.6 is 0 Å². The summed E-state index contributed by atoms with van der Waals surface area (Å²) in [6.45, 7) is 5.52. The summed E-state index contributed by atoms with van der Waals surface area (Å²) in [4.78, 5) is 24.7. The standard InChI is InChI=1S/C15H12O5/c1-6(2)11-5-9-13(18)12-8(14(19)15(9)20-11)3-7(16)4-10(12)17/h3-4,11,16-17H,1,5H2,2H3/t11-/m0/s1. The van der Waals surface area contributed by atoms with Crippen LogP contribution in [0.25, 0.3) is 0 Å². The van der Waals surface area contributed by atoms with Gasteiger partial charge in [0.2, 0.25) is 5.78 Å². The minimum atomic E-state index is -0.496. The van der Waals surface area contributed by atoms with Crippen molar-refractivity contribution in [2.24, 2.45) is 0 Å².